The van der Waals surface area contributed by atoms with Crippen LogP contribution in [0.2, 0.25) is 0 Å². The number of ether oxygens (including phenoxy) is 1. The summed E-state index contributed by atoms with van der Waals surface area (Å²) >= 11 is 0. The lowest BCUT2D eigenvalue weighted by molar-refractivity contribution is -0.123. The molecule has 0 saturated heterocycles. The first-order chi connectivity index (χ1) is 19.7. The summed E-state index contributed by atoms with van der Waals surface area (Å²) in [6, 6.07) is 30.7. The largest absolute Gasteiger partial charge is 0.484 e. The van der Waals surface area contributed by atoms with E-state index in [1.165, 1.54) is 37.5 Å². The topological polar surface area (TPSA) is 117 Å². The normalized spacial score (nSPS) is 12.0. The number of amides is 2. The molecule has 0 radical (unpaired) electrons. The SMILES string of the molecule is C[C@@H](NC(=O)COc1ccc(/C=N\NC(=O)c2ccc(N(C)S(=O)(=O)c3ccccc3)cc2)cc1)c1ccccc1. The molecule has 1 atom stereocenters. The predicted octanol–water partition coefficient (Wildman–Crippen LogP) is 4.53. The van der Waals surface area contributed by atoms with Crippen molar-refractivity contribution in [2.75, 3.05) is 18.0 Å². The van der Waals surface area contributed by atoms with E-state index in [-0.39, 0.29) is 23.5 Å². The van der Waals surface area contributed by atoms with Gasteiger partial charge in [-0.2, -0.15) is 5.10 Å². The number of sulfonamides is 1. The van der Waals surface area contributed by atoms with Crippen LogP contribution in [0.5, 0.6) is 5.75 Å². The Morgan fingerprint density at radius 3 is 2.12 bits per heavy atom. The molecule has 10 heteroatoms. The van der Waals surface area contributed by atoms with Crippen LogP contribution in [0.15, 0.2) is 119 Å². The Labute approximate surface area is 239 Å². The van der Waals surface area contributed by atoms with Gasteiger partial charge in [-0.15, -0.1) is 0 Å². The second kappa shape index (κ2) is 13.4. The van der Waals surface area contributed by atoms with Crippen LogP contribution < -0.4 is 19.8 Å². The van der Waals surface area contributed by atoms with Crippen molar-refractivity contribution in [3.63, 3.8) is 0 Å². The highest BCUT2D eigenvalue weighted by Crippen LogP contribution is 2.22. The number of hydrazone groups is 1. The maximum Gasteiger partial charge on any atom is 0.271 e. The quantitative estimate of drug-likeness (QED) is 0.203. The monoisotopic (exact) mass is 570 g/mol. The van der Waals surface area contributed by atoms with Crippen LogP contribution in [0.3, 0.4) is 0 Å². The number of hydrogen-bond acceptors (Lipinski definition) is 6. The van der Waals surface area contributed by atoms with Gasteiger partial charge in [0.05, 0.1) is 22.8 Å². The molecule has 0 aliphatic rings. The molecule has 0 unspecified atom stereocenters. The highest BCUT2D eigenvalue weighted by atomic mass is 32.2. The summed E-state index contributed by atoms with van der Waals surface area (Å²) in [5.41, 5.74) is 4.91. The van der Waals surface area contributed by atoms with Gasteiger partial charge in [-0.3, -0.25) is 13.9 Å². The van der Waals surface area contributed by atoms with Gasteiger partial charge in [0, 0.05) is 12.6 Å². The number of carbonyl (C=O) groups is 2. The molecule has 0 fully saturated rings. The third-order valence-electron chi connectivity index (χ3n) is 6.20. The first kappa shape index (κ1) is 29.0. The van der Waals surface area contributed by atoms with E-state index in [9.17, 15) is 18.0 Å². The first-order valence-corrected chi connectivity index (χ1v) is 14.2. The standard InChI is InChI=1S/C31H30N4O5S/c1-23(25-9-5-3-6-10-25)33-30(36)22-40-28-19-13-24(14-20-28)21-32-34-31(37)26-15-17-27(18-16-26)35(2)41(38,39)29-11-7-4-8-12-29/h3-21,23H,22H2,1-2H3,(H,33,36)(H,34,37)/b32-21-/t23-/m1/s1. The number of hydrogen-bond donors (Lipinski definition) is 2. The molecule has 210 valence electrons. The van der Waals surface area contributed by atoms with Crippen LogP contribution in [0.4, 0.5) is 5.69 Å². The van der Waals surface area contributed by atoms with Crippen molar-refractivity contribution in [2.45, 2.75) is 17.9 Å². The van der Waals surface area contributed by atoms with Gasteiger partial charge in [0.2, 0.25) is 0 Å². The summed E-state index contributed by atoms with van der Waals surface area (Å²) in [5, 5.41) is 6.88. The number of nitrogens with zero attached hydrogens (tertiary/aromatic N) is 2. The van der Waals surface area contributed by atoms with Crippen molar-refractivity contribution >= 4 is 33.7 Å². The molecule has 4 rings (SSSR count). The average molecular weight is 571 g/mol. The molecule has 0 aliphatic heterocycles. The van der Waals surface area contributed by atoms with E-state index in [1.54, 1.807) is 54.6 Å². The Balaban J connectivity index is 1.25. The molecular formula is C31H30N4O5S. The van der Waals surface area contributed by atoms with Gasteiger partial charge < -0.3 is 10.1 Å². The zero-order valence-electron chi connectivity index (χ0n) is 22.6. The van der Waals surface area contributed by atoms with E-state index in [0.717, 1.165) is 9.87 Å². The molecule has 2 N–H and O–H groups in total. The summed E-state index contributed by atoms with van der Waals surface area (Å²) in [7, 11) is -2.26. The van der Waals surface area contributed by atoms with Gasteiger partial charge in [-0.05, 0) is 78.7 Å². The molecular weight excluding hydrogens is 540 g/mol. The summed E-state index contributed by atoms with van der Waals surface area (Å²) < 4.78 is 32.3. The predicted molar refractivity (Wildman–Crippen MR) is 158 cm³/mol. The molecule has 0 bridgehead atoms. The van der Waals surface area contributed by atoms with Crippen LogP contribution in [-0.2, 0) is 14.8 Å². The molecule has 41 heavy (non-hydrogen) atoms. The van der Waals surface area contributed by atoms with Gasteiger partial charge in [-0.25, -0.2) is 13.8 Å². The summed E-state index contributed by atoms with van der Waals surface area (Å²) in [6.45, 7) is 1.79. The fourth-order valence-electron chi connectivity index (χ4n) is 3.85. The molecule has 9 nitrogen and oxygen atoms in total. The molecule has 0 aliphatic carbocycles. The highest BCUT2D eigenvalue weighted by Gasteiger charge is 2.21. The van der Waals surface area contributed by atoms with E-state index in [0.29, 0.717) is 22.6 Å². The fraction of sp³-hybridized carbons (Fsp3) is 0.129. The second-order valence-corrected chi connectivity index (χ2v) is 11.1. The maximum atomic E-state index is 12.8. The Morgan fingerprint density at radius 2 is 1.49 bits per heavy atom. The van der Waals surface area contributed by atoms with Crippen molar-refractivity contribution in [2.24, 2.45) is 5.10 Å². The summed E-state index contributed by atoms with van der Waals surface area (Å²) in [6.07, 6.45) is 1.48. The minimum absolute atomic E-state index is 0.118. The van der Waals surface area contributed by atoms with Crippen molar-refractivity contribution in [3.05, 3.63) is 126 Å². The van der Waals surface area contributed by atoms with Gasteiger partial charge in [-0.1, -0.05) is 48.5 Å². The number of rotatable bonds is 11. The van der Waals surface area contributed by atoms with Crippen LogP contribution >= 0.6 is 0 Å². The number of anilines is 1. The van der Waals surface area contributed by atoms with E-state index >= 15 is 0 Å². The Bertz CT molecular complexity index is 1590. The Kier molecular flexibility index (Phi) is 9.49. The lowest BCUT2D eigenvalue weighted by atomic mass is 10.1. The molecule has 2 amide bonds. The third-order valence-corrected chi connectivity index (χ3v) is 8.00. The van der Waals surface area contributed by atoms with Gasteiger partial charge in [0.1, 0.15) is 5.75 Å². The minimum atomic E-state index is -3.72. The van der Waals surface area contributed by atoms with Crippen LogP contribution in [0, 0.1) is 0 Å². The highest BCUT2D eigenvalue weighted by molar-refractivity contribution is 7.92. The van der Waals surface area contributed by atoms with Crippen molar-refractivity contribution in [1.82, 2.24) is 10.7 Å². The van der Waals surface area contributed by atoms with Crippen LogP contribution in [-0.4, -0.2) is 40.1 Å². The Hall–Kier alpha value is -4.96. The lowest BCUT2D eigenvalue weighted by Crippen LogP contribution is -2.31. The maximum absolute atomic E-state index is 12.8. The van der Waals surface area contributed by atoms with Crippen LogP contribution in [0.1, 0.15) is 34.5 Å². The van der Waals surface area contributed by atoms with E-state index in [4.69, 9.17) is 4.74 Å². The van der Waals surface area contributed by atoms with Gasteiger partial charge >= 0.3 is 0 Å². The smallest absolute Gasteiger partial charge is 0.271 e. The number of carbonyl (C=O) groups excluding carboxylic acids is 2. The number of benzene rings is 4. The van der Waals surface area contributed by atoms with Crippen LogP contribution in [0.25, 0.3) is 0 Å². The zero-order valence-corrected chi connectivity index (χ0v) is 23.4. The lowest BCUT2D eigenvalue weighted by Gasteiger charge is -2.19. The summed E-state index contributed by atoms with van der Waals surface area (Å²) in [5.74, 6) is -0.155. The first-order valence-electron chi connectivity index (χ1n) is 12.8. The van der Waals surface area contributed by atoms with Crippen molar-refractivity contribution in [1.29, 1.82) is 0 Å². The molecule has 0 aromatic heterocycles. The van der Waals surface area contributed by atoms with E-state index < -0.39 is 15.9 Å². The molecule has 0 saturated carbocycles. The molecule has 0 heterocycles. The number of nitrogens with one attached hydrogen (secondary N) is 2. The second-order valence-electron chi connectivity index (χ2n) is 9.09. The minimum Gasteiger partial charge on any atom is -0.484 e. The zero-order chi connectivity index (χ0) is 29.2. The fourth-order valence-corrected chi connectivity index (χ4v) is 5.07. The van der Waals surface area contributed by atoms with Crippen molar-refractivity contribution < 1.29 is 22.7 Å². The van der Waals surface area contributed by atoms with Gasteiger partial charge in [0.25, 0.3) is 21.8 Å². The summed E-state index contributed by atoms with van der Waals surface area (Å²) in [4.78, 5) is 24.9. The molecule has 4 aromatic rings. The van der Waals surface area contributed by atoms with E-state index in [1.807, 2.05) is 37.3 Å². The molecule has 0 spiro atoms. The van der Waals surface area contributed by atoms with Crippen molar-refractivity contribution in [3.8, 4) is 5.75 Å². The average Bonchev–Trinajstić information content (AvgIpc) is 3.01. The van der Waals surface area contributed by atoms with E-state index in [2.05, 4.69) is 15.8 Å². The Morgan fingerprint density at radius 1 is 0.878 bits per heavy atom. The third kappa shape index (κ3) is 7.80. The molecule has 4 aromatic carbocycles. The van der Waals surface area contributed by atoms with Gasteiger partial charge in [0.15, 0.2) is 6.61 Å².